The van der Waals surface area contributed by atoms with Gasteiger partial charge in [0.25, 0.3) is 0 Å². The SMILES string of the molecule is NCCCNCc1ccc(F)cc1I. The number of nitrogens with one attached hydrogen (secondary N) is 1. The summed E-state index contributed by atoms with van der Waals surface area (Å²) in [7, 11) is 0. The Morgan fingerprint density at radius 2 is 2.21 bits per heavy atom. The van der Waals surface area contributed by atoms with Crippen LogP contribution in [0.2, 0.25) is 0 Å². The van der Waals surface area contributed by atoms with Gasteiger partial charge in [0, 0.05) is 10.1 Å². The zero-order valence-corrected chi connectivity index (χ0v) is 10.1. The van der Waals surface area contributed by atoms with Crippen molar-refractivity contribution in [2.24, 2.45) is 5.73 Å². The van der Waals surface area contributed by atoms with Crippen LogP contribution in [0.3, 0.4) is 0 Å². The Hall–Kier alpha value is -0.200. The summed E-state index contributed by atoms with van der Waals surface area (Å²) >= 11 is 2.14. The Balaban J connectivity index is 2.42. The van der Waals surface area contributed by atoms with Crippen molar-refractivity contribution in [1.29, 1.82) is 0 Å². The molecule has 0 saturated heterocycles. The van der Waals surface area contributed by atoms with Crippen molar-refractivity contribution in [3.63, 3.8) is 0 Å². The van der Waals surface area contributed by atoms with Gasteiger partial charge >= 0.3 is 0 Å². The second-order valence-electron chi connectivity index (χ2n) is 3.05. The lowest BCUT2D eigenvalue weighted by atomic mass is 10.2. The van der Waals surface area contributed by atoms with Gasteiger partial charge in [0.2, 0.25) is 0 Å². The lowest BCUT2D eigenvalue weighted by Gasteiger charge is -2.06. The molecule has 78 valence electrons. The topological polar surface area (TPSA) is 38.0 Å². The average molecular weight is 308 g/mol. The minimum atomic E-state index is -0.180. The molecule has 0 aromatic heterocycles. The van der Waals surface area contributed by atoms with Crippen molar-refractivity contribution in [3.8, 4) is 0 Å². The van der Waals surface area contributed by atoms with E-state index in [2.05, 4.69) is 27.9 Å². The fraction of sp³-hybridized carbons (Fsp3) is 0.400. The molecule has 0 bridgehead atoms. The predicted molar refractivity (Wildman–Crippen MR) is 64.5 cm³/mol. The summed E-state index contributed by atoms with van der Waals surface area (Å²) in [6.45, 7) is 2.38. The van der Waals surface area contributed by atoms with E-state index < -0.39 is 0 Å². The Bertz CT molecular complexity index is 291. The van der Waals surface area contributed by atoms with Gasteiger partial charge in [-0.05, 0) is 59.8 Å². The van der Waals surface area contributed by atoms with Crippen LogP contribution in [0.15, 0.2) is 18.2 Å². The van der Waals surface area contributed by atoms with Crippen LogP contribution in [0, 0.1) is 9.39 Å². The fourth-order valence-corrected chi connectivity index (χ4v) is 1.78. The van der Waals surface area contributed by atoms with E-state index in [4.69, 9.17) is 5.73 Å². The first-order valence-electron chi connectivity index (χ1n) is 4.58. The van der Waals surface area contributed by atoms with Crippen LogP contribution < -0.4 is 11.1 Å². The number of hydrogen-bond donors (Lipinski definition) is 2. The molecule has 2 nitrogen and oxygen atoms in total. The third-order valence-electron chi connectivity index (χ3n) is 1.89. The van der Waals surface area contributed by atoms with E-state index in [-0.39, 0.29) is 5.82 Å². The monoisotopic (exact) mass is 308 g/mol. The van der Waals surface area contributed by atoms with E-state index in [1.165, 1.54) is 6.07 Å². The first kappa shape index (κ1) is 11.9. The number of benzene rings is 1. The molecule has 0 spiro atoms. The van der Waals surface area contributed by atoms with E-state index in [0.29, 0.717) is 6.54 Å². The first-order chi connectivity index (χ1) is 6.74. The van der Waals surface area contributed by atoms with Crippen LogP contribution in [0.5, 0.6) is 0 Å². The molecule has 0 saturated carbocycles. The molecule has 14 heavy (non-hydrogen) atoms. The van der Waals surface area contributed by atoms with Crippen LogP contribution in [0.4, 0.5) is 4.39 Å². The number of hydrogen-bond acceptors (Lipinski definition) is 2. The zero-order valence-electron chi connectivity index (χ0n) is 7.89. The van der Waals surface area contributed by atoms with Crippen molar-refractivity contribution < 1.29 is 4.39 Å². The summed E-state index contributed by atoms with van der Waals surface area (Å²) in [5.41, 5.74) is 6.50. The van der Waals surface area contributed by atoms with E-state index in [1.807, 2.05) is 6.07 Å². The van der Waals surface area contributed by atoms with Gasteiger partial charge in [-0.2, -0.15) is 0 Å². The highest BCUT2D eigenvalue weighted by Gasteiger charge is 2.00. The summed E-state index contributed by atoms with van der Waals surface area (Å²) < 4.78 is 13.7. The molecule has 0 fully saturated rings. The largest absolute Gasteiger partial charge is 0.330 e. The smallest absolute Gasteiger partial charge is 0.124 e. The molecular formula is C10H14FIN2. The summed E-state index contributed by atoms with van der Waals surface area (Å²) in [5.74, 6) is -0.180. The van der Waals surface area contributed by atoms with Gasteiger partial charge in [0.1, 0.15) is 5.82 Å². The van der Waals surface area contributed by atoms with Crippen molar-refractivity contribution in [2.75, 3.05) is 13.1 Å². The highest BCUT2D eigenvalue weighted by Crippen LogP contribution is 2.13. The molecule has 0 aliphatic carbocycles. The van der Waals surface area contributed by atoms with E-state index in [9.17, 15) is 4.39 Å². The molecule has 0 aliphatic heterocycles. The Labute approximate surface area is 97.2 Å². The maximum atomic E-state index is 12.7. The maximum absolute atomic E-state index is 12.7. The number of rotatable bonds is 5. The molecule has 1 aromatic rings. The molecule has 0 amide bonds. The predicted octanol–water partition coefficient (Wildman–Crippen LogP) is 1.87. The molecule has 1 rings (SSSR count). The Morgan fingerprint density at radius 1 is 1.43 bits per heavy atom. The van der Waals surface area contributed by atoms with E-state index in [1.54, 1.807) is 6.07 Å². The zero-order chi connectivity index (χ0) is 10.4. The van der Waals surface area contributed by atoms with Gasteiger partial charge in [-0.1, -0.05) is 6.07 Å². The second kappa shape index (κ2) is 6.31. The lowest BCUT2D eigenvalue weighted by Crippen LogP contribution is -2.18. The first-order valence-corrected chi connectivity index (χ1v) is 5.66. The Morgan fingerprint density at radius 3 is 2.86 bits per heavy atom. The highest BCUT2D eigenvalue weighted by atomic mass is 127. The molecule has 4 heteroatoms. The molecule has 0 heterocycles. The summed E-state index contributed by atoms with van der Waals surface area (Å²) in [6.07, 6.45) is 0.970. The van der Waals surface area contributed by atoms with Gasteiger partial charge in [-0.15, -0.1) is 0 Å². The molecular weight excluding hydrogens is 294 g/mol. The number of nitrogens with two attached hydrogens (primary N) is 1. The van der Waals surface area contributed by atoms with Crippen molar-refractivity contribution in [3.05, 3.63) is 33.1 Å². The molecule has 0 aliphatic rings. The summed E-state index contributed by atoms with van der Waals surface area (Å²) in [4.78, 5) is 0. The summed E-state index contributed by atoms with van der Waals surface area (Å²) in [6, 6.07) is 4.84. The van der Waals surface area contributed by atoms with Crippen molar-refractivity contribution in [1.82, 2.24) is 5.32 Å². The van der Waals surface area contributed by atoms with E-state index >= 15 is 0 Å². The number of halogens is 2. The third-order valence-corrected chi connectivity index (χ3v) is 2.89. The highest BCUT2D eigenvalue weighted by molar-refractivity contribution is 14.1. The molecule has 3 N–H and O–H groups in total. The van der Waals surface area contributed by atoms with Crippen LogP contribution in [-0.4, -0.2) is 13.1 Å². The molecule has 0 unspecified atom stereocenters. The third kappa shape index (κ3) is 3.89. The van der Waals surface area contributed by atoms with Gasteiger partial charge in [-0.25, -0.2) is 4.39 Å². The molecule has 0 radical (unpaired) electrons. The molecule has 1 aromatic carbocycles. The normalized spacial score (nSPS) is 10.5. The second-order valence-corrected chi connectivity index (χ2v) is 4.22. The standard InChI is InChI=1S/C10H14FIN2/c11-9-3-2-8(10(12)6-9)7-14-5-1-4-13/h2-3,6,14H,1,4-5,7,13H2. The fourth-order valence-electron chi connectivity index (χ4n) is 1.12. The Kier molecular flexibility index (Phi) is 5.36. The summed E-state index contributed by atoms with van der Waals surface area (Å²) in [5, 5.41) is 3.26. The van der Waals surface area contributed by atoms with Gasteiger partial charge in [-0.3, -0.25) is 0 Å². The quantitative estimate of drug-likeness (QED) is 0.644. The minimum Gasteiger partial charge on any atom is -0.330 e. The van der Waals surface area contributed by atoms with Gasteiger partial charge < -0.3 is 11.1 Å². The van der Waals surface area contributed by atoms with Crippen LogP contribution in [0.25, 0.3) is 0 Å². The maximum Gasteiger partial charge on any atom is 0.124 e. The van der Waals surface area contributed by atoms with Crippen LogP contribution >= 0.6 is 22.6 Å². The minimum absolute atomic E-state index is 0.180. The van der Waals surface area contributed by atoms with E-state index in [0.717, 1.165) is 28.6 Å². The molecule has 0 atom stereocenters. The van der Waals surface area contributed by atoms with Gasteiger partial charge in [0.15, 0.2) is 0 Å². The van der Waals surface area contributed by atoms with Crippen molar-refractivity contribution in [2.45, 2.75) is 13.0 Å². The lowest BCUT2D eigenvalue weighted by molar-refractivity contribution is 0.621. The van der Waals surface area contributed by atoms with Crippen LogP contribution in [0.1, 0.15) is 12.0 Å². The van der Waals surface area contributed by atoms with Gasteiger partial charge in [0.05, 0.1) is 0 Å². The average Bonchev–Trinajstić information content (AvgIpc) is 2.15. The van der Waals surface area contributed by atoms with Crippen molar-refractivity contribution >= 4 is 22.6 Å². The van der Waals surface area contributed by atoms with Crippen LogP contribution in [-0.2, 0) is 6.54 Å².